The average molecular weight is 367 g/mol. The third kappa shape index (κ3) is 4.20. The molecule has 2 aromatic carbocycles. The van der Waals surface area contributed by atoms with Gasteiger partial charge in [-0.25, -0.2) is 5.43 Å². The van der Waals surface area contributed by atoms with Gasteiger partial charge >= 0.3 is 0 Å². The second-order valence-electron chi connectivity index (χ2n) is 5.68. The first-order valence-corrected chi connectivity index (χ1v) is 8.45. The molecule has 1 heterocycles. The Kier molecular flexibility index (Phi) is 5.61. The van der Waals surface area contributed by atoms with Crippen LogP contribution in [0.2, 0.25) is 0 Å². The molecule has 1 amide bonds. The zero-order chi connectivity index (χ0) is 19.2. The Morgan fingerprint density at radius 2 is 1.96 bits per heavy atom. The SMILES string of the molecule is CCOc1ccc(/C=N/NC(=O)c2cc3ccc(OC)cc3[nH]2)cc1OC. The van der Waals surface area contributed by atoms with Gasteiger partial charge in [0.2, 0.25) is 0 Å². The van der Waals surface area contributed by atoms with Gasteiger partial charge in [-0.1, -0.05) is 0 Å². The lowest BCUT2D eigenvalue weighted by molar-refractivity contribution is 0.0951. The topological polar surface area (TPSA) is 84.9 Å². The Balaban J connectivity index is 1.69. The molecule has 0 unspecified atom stereocenters. The zero-order valence-electron chi connectivity index (χ0n) is 15.4. The summed E-state index contributed by atoms with van der Waals surface area (Å²) in [7, 11) is 3.17. The number of hydrogen-bond donors (Lipinski definition) is 2. The number of nitrogens with one attached hydrogen (secondary N) is 2. The van der Waals surface area contributed by atoms with Gasteiger partial charge < -0.3 is 19.2 Å². The van der Waals surface area contributed by atoms with Crippen LogP contribution >= 0.6 is 0 Å². The largest absolute Gasteiger partial charge is 0.497 e. The third-order valence-corrected chi connectivity index (χ3v) is 3.94. The molecule has 0 saturated heterocycles. The highest BCUT2D eigenvalue weighted by Crippen LogP contribution is 2.27. The van der Waals surface area contributed by atoms with Gasteiger partial charge in [0.1, 0.15) is 11.4 Å². The molecule has 0 radical (unpaired) electrons. The van der Waals surface area contributed by atoms with Crippen molar-refractivity contribution in [3.63, 3.8) is 0 Å². The summed E-state index contributed by atoms with van der Waals surface area (Å²) >= 11 is 0. The number of methoxy groups -OCH3 is 2. The van der Waals surface area contributed by atoms with Crippen LogP contribution in [0.25, 0.3) is 10.9 Å². The molecule has 27 heavy (non-hydrogen) atoms. The van der Waals surface area contributed by atoms with Crippen molar-refractivity contribution in [1.29, 1.82) is 0 Å². The fourth-order valence-electron chi connectivity index (χ4n) is 2.62. The number of fused-ring (bicyclic) bond motifs is 1. The lowest BCUT2D eigenvalue weighted by atomic mass is 10.2. The molecule has 7 nitrogen and oxygen atoms in total. The highest BCUT2D eigenvalue weighted by molar-refractivity contribution is 5.98. The van der Waals surface area contributed by atoms with Gasteiger partial charge in [-0.05, 0) is 48.9 Å². The van der Waals surface area contributed by atoms with Crippen LogP contribution in [-0.2, 0) is 0 Å². The van der Waals surface area contributed by atoms with Crippen molar-refractivity contribution in [3.8, 4) is 17.2 Å². The van der Waals surface area contributed by atoms with Crippen molar-refractivity contribution >= 4 is 23.0 Å². The number of H-pyrrole nitrogens is 1. The highest BCUT2D eigenvalue weighted by atomic mass is 16.5. The second kappa shape index (κ2) is 8.27. The summed E-state index contributed by atoms with van der Waals surface area (Å²) in [6, 6.07) is 12.7. The molecule has 2 N–H and O–H groups in total. The van der Waals surface area contributed by atoms with E-state index in [-0.39, 0.29) is 5.91 Å². The predicted molar refractivity (Wildman–Crippen MR) is 104 cm³/mol. The number of rotatable bonds is 7. The first-order valence-electron chi connectivity index (χ1n) is 8.45. The number of hydrazone groups is 1. The standard InChI is InChI=1S/C20H21N3O4/c1-4-27-18-8-5-13(9-19(18)26-3)12-21-23-20(24)17-10-14-6-7-15(25-2)11-16(14)22-17/h5-12,22H,4H2,1-3H3,(H,23,24)/b21-12+. The molecule has 3 aromatic rings. The van der Waals surface area contributed by atoms with Crippen molar-refractivity contribution in [1.82, 2.24) is 10.4 Å². The van der Waals surface area contributed by atoms with Gasteiger partial charge in [0.15, 0.2) is 11.5 Å². The van der Waals surface area contributed by atoms with Crippen molar-refractivity contribution < 1.29 is 19.0 Å². The van der Waals surface area contributed by atoms with Crippen molar-refractivity contribution in [2.75, 3.05) is 20.8 Å². The quantitative estimate of drug-likeness (QED) is 0.495. The van der Waals surface area contributed by atoms with Crippen LogP contribution in [0.3, 0.4) is 0 Å². The Hall–Kier alpha value is -3.48. The van der Waals surface area contributed by atoms with E-state index in [1.807, 2.05) is 31.2 Å². The van der Waals surface area contributed by atoms with E-state index < -0.39 is 0 Å². The van der Waals surface area contributed by atoms with Gasteiger partial charge in [0.25, 0.3) is 5.91 Å². The third-order valence-electron chi connectivity index (χ3n) is 3.94. The first kappa shape index (κ1) is 18.3. The molecule has 0 fully saturated rings. The summed E-state index contributed by atoms with van der Waals surface area (Å²) < 4.78 is 16.0. The number of ether oxygens (including phenoxy) is 3. The van der Waals surface area contributed by atoms with E-state index in [1.165, 1.54) is 0 Å². The smallest absolute Gasteiger partial charge is 0.287 e. The van der Waals surface area contributed by atoms with E-state index in [1.54, 1.807) is 38.6 Å². The van der Waals surface area contributed by atoms with Crippen molar-refractivity contribution in [2.24, 2.45) is 5.10 Å². The molecule has 0 atom stereocenters. The monoisotopic (exact) mass is 367 g/mol. The minimum atomic E-state index is -0.334. The molecule has 0 bridgehead atoms. The maximum absolute atomic E-state index is 12.3. The number of aromatic nitrogens is 1. The lowest BCUT2D eigenvalue weighted by Gasteiger charge is -2.09. The average Bonchev–Trinajstić information content (AvgIpc) is 3.12. The molecule has 0 saturated carbocycles. The maximum atomic E-state index is 12.3. The number of nitrogens with zero attached hydrogens (tertiary/aromatic N) is 1. The van der Waals surface area contributed by atoms with E-state index in [0.29, 0.717) is 23.8 Å². The number of aromatic amines is 1. The van der Waals surface area contributed by atoms with E-state index in [2.05, 4.69) is 15.5 Å². The minimum Gasteiger partial charge on any atom is -0.497 e. The molecule has 0 aliphatic rings. The van der Waals surface area contributed by atoms with Crippen molar-refractivity contribution in [3.05, 3.63) is 53.7 Å². The molecule has 0 aliphatic carbocycles. The number of benzene rings is 2. The summed E-state index contributed by atoms with van der Waals surface area (Å²) in [5, 5.41) is 4.93. The van der Waals surface area contributed by atoms with Gasteiger partial charge in [0, 0.05) is 17.0 Å². The Bertz CT molecular complexity index is 979. The van der Waals surface area contributed by atoms with E-state index in [0.717, 1.165) is 22.2 Å². The second-order valence-corrected chi connectivity index (χ2v) is 5.68. The van der Waals surface area contributed by atoms with Crippen LogP contribution in [0.1, 0.15) is 23.0 Å². The normalized spacial score (nSPS) is 10.9. The molecule has 7 heteroatoms. The van der Waals surface area contributed by atoms with Crippen LogP contribution in [0.4, 0.5) is 0 Å². The molecular formula is C20H21N3O4. The van der Waals surface area contributed by atoms with Gasteiger partial charge in [-0.2, -0.15) is 5.10 Å². The number of hydrogen-bond acceptors (Lipinski definition) is 5. The van der Waals surface area contributed by atoms with Gasteiger partial charge in [0.05, 0.1) is 27.0 Å². The highest BCUT2D eigenvalue weighted by Gasteiger charge is 2.09. The lowest BCUT2D eigenvalue weighted by Crippen LogP contribution is -2.17. The van der Waals surface area contributed by atoms with Crippen LogP contribution < -0.4 is 19.6 Å². The first-order chi connectivity index (χ1) is 13.1. The number of amides is 1. The van der Waals surface area contributed by atoms with E-state index >= 15 is 0 Å². The summed E-state index contributed by atoms with van der Waals surface area (Å²) in [5.74, 6) is 1.66. The molecule has 1 aromatic heterocycles. The number of carbonyl (C=O) groups is 1. The summed E-state index contributed by atoms with van der Waals surface area (Å²) in [6.45, 7) is 2.46. The van der Waals surface area contributed by atoms with Crippen LogP contribution in [0.5, 0.6) is 17.2 Å². The van der Waals surface area contributed by atoms with Gasteiger partial charge in [-0.15, -0.1) is 0 Å². The fraction of sp³-hybridized carbons (Fsp3) is 0.200. The molecule has 0 spiro atoms. The van der Waals surface area contributed by atoms with Crippen LogP contribution in [0, 0.1) is 0 Å². The van der Waals surface area contributed by atoms with Gasteiger partial charge in [-0.3, -0.25) is 4.79 Å². The zero-order valence-corrected chi connectivity index (χ0v) is 15.4. The number of carbonyl (C=O) groups excluding carboxylic acids is 1. The fourth-order valence-corrected chi connectivity index (χ4v) is 2.62. The molecule has 140 valence electrons. The molecular weight excluding hydrogens is 346 g/mol. The Morgan fingerprint density at radius 1 is 1.11 bits per heavy atom. The van der Waals surface area contributed by atoms with E-state index in [4.69, 9.17) is 14.2 Å². The maximum Gasteiger partial charge on any atom is 0.287 e. The summed E-state index contributed by atoms with van der Waals surface area (Å²) in [6.07, 6.45) is 1.54. The molecule has 0 aliphatic heterocycles. The summed E-state index contributed by atoms with van der Waals surface area (Å²) in [4.78, 5) is 15.3. The molecule has 3 rings (SSSR count). The van der Waals surface area contributed by atoms with Crippen LogP contribution in [0.15, 0.2) is 47.6 Å². The van der Waals surface area contributed by atoms with Crippen molar-refractivity contribution in [2.45, 2.75) is 6.92 Å². The Morgan fingerprint density at radius 3 is 2.70 bits per heavy atom. The predicted octanol–water partition coefficient (Wildman–Crippen LogP) is 3.35. The summed E-state index contributed by atoms with van der Waals surface area (Å²) in [5.41, 5.74) is 4.52. The van der Waals surface area contributed by atoms with Crippen LogP contribution in [-0.4, -0.2) is 37.9 Å². The van der Waals surface area contributed by atoms with E-state index in [9.17, 15) is 4.79 Å². The Labute approximate surface area is 156 Å². The minimum absolute atomic E-state index is 0.334.